The molecule has 1 aliphatic rings. The number of carbonyl (C=O) groups is 1. The molecule has 0 spiro atoms. The Morgan fingerprint density at radius 3 is 2.87 bits per heavy atom. The molecule has 0 radical (unpaired) electrons. The molecule has 30 heavy (non-hydrogen) atoms. The summed E-state index contributed by atoms with van der Waals surface area (Å²) in [5.41, 5.74) is 9.03. The molecule has 1 aromatic heterocycles. The molecule has 0 aliphatic carbocycles. The molecule has 2 N–H and O–H groups in total. The van der Waals surface area contributed by atoms with Gasteiger partial charge in [0.1, 0.15) is 23.9 Å². The Morgan fingerprint density at radius 1 is 1.23 bits per heavy atom. The van der Waals surface area contributed by atoms with Gasteiger partial charge in [-0.05, 0) is 62.9 Å². The number of fused-ring (bicyclic) bond motifs is 2. The van der Waals surface area contributed by atoms with E-state index in [9.17, 15) is 4.79 Å². The van der Waals surface area contributed by atoms with Gasteiger partial charge in [-0.15, -0.1) is 0 Å². The van der Waals surface area contributed by atoms with E-state index in [0.717, 1.165) is 34.3 Å². The van der Waals surface area contributed by atoms with Gasteiger partial charge in [-0.1, -0.05) is 24.3 Å². The third kappa shape index (κ3) is 3.97. The van der Waals surface area contributed by atoms with Gasteiger partial charge in [0.25, 0.3) is 0 Å². The lowest BCUT2D eigenvalue weighted by atomic mass is 9.80. The molecule has 4 rings (SSSR count). The van der Waals surface area contributed by atoms with E-state index in [0.29, 0.717) is 24.5 Å². The molecule has 5 nitrogen and oxygen atoms in total. The van der Waals surface area contributed by atoms with Gasteiger partial charge < -0.3 is 15.2 Å². The fourth-order valence-corrected chi connectivity index (χ4v) is 4.01. The second-order valence-corrected chi connectivity index (χ2v) is 8.67. The summed E-state index contributed by atoms with van der Waals surface area (Å²) < 4.78 is 11.9. The first-order chi connectivity index (χ1) is 14.3. The number of Topliss-reactive ketones (excluding diaryl/α,β-unsaturated/α-hetero) is 1. The molecule has 0 saturated heterocycles. The number of pyridine rings is 1. The van der Waals surface area contributed by atoms with Crippen LogP contribution in [0, 0.1) is 12.3 Å². The Bertz CT molecular complexity index is 1090. The number of aromatic nitrogens is 1. The monoisotopic (exact) mass is 404 g/mol. The van der Waals surface area contributed by atoms with Crippen LogP contribution in [0.1, 0.15) is 43.9 Å². The lowest BCUT2D eigenvalue weighted by Gasteiger charge is -2.29. The number of hydrogen-bond acceptors (Lipinski definition) is 5. The van der Waals surface area contributed by atoms with Crippen LogP contribution in [0.5, 0.6) is 11.5 Å². The molecule has 2 aromatic carbocycles. The van der Waals surface area contributed by atoms with Crippen LogP contribution in [0.15, 0.2) is 48.5 Å². The van der Waals surface area contributed by atoms with Crippen LogP contribution in [0.2, 0.25) is 0 Å². The number of para-hydroxylation sites is 1. The van der Waals surface area contributed by atoms with Gasteiger partial charge in [-0.3, -0.25) is 9.78 Å². The van der Waals surface area contributed by atoms with Crippen molar-refractivity contribution in [3.8, 4) is 11.5 Å². The second kappa shape index (κ2) is 7.98. The van der Waals surface area contributed by atoms with E-state index in [1.807, 2.05) is 63.2 Å². The van der Waals surface area contributed by atoms with E-state index < -0.39 is 5.41 Å². The first-order valence-electron chi connectivity index (χ1n) is 10.4. The van der Waals surface area contributed by atoms with Crippen molar-refractivity contribution in [2.75, 3.05) is 18.9 Å². The van der Waals surface area contributed by atoms with Crippen molar-refractivity contribution in [2.24, 2.45) is 5.41 Å². The number of anilines is 1. The second-order valence-electron chi connectivity index (χ2n) is 8.67. The van der Waals surface area contributed by atoms with Gasteiger partial charge in [-0.2, -0.15) is 0 Å². The third-order valence-corrected chi connectivity index (χ3v) is 5.81. The standard InChI is InChI=1S/C25H28N2O3/c1-16-13-19(26)24-20(27-16)8-6-10-22(24)30-15-25(2,3)23(28)14-17-11-12-29-21-9-5-4-7-18(17)21/h4-10,13,17H,11-12,14-15H2,1-3H3,(H2,26,27). The normalized spacial score (nSPS) is 16.0. The van der Waals surface area contributed by atoms with E-state index in [1.165, 1.54) is 0 Å². The number of nitrogen functional groups attached to an aromatic ring is 1. The maximum atomic E-state index is 13.2. The van der Waals surface area contributed by atoms with Gasteiger partial charge in [0.2, 0.25) is 0 Å². The molecule has 0 bridgehead atoms. The van der Waals surface area contributed by atoms with Crippen LogP contribution in [-0.4, -0.2) is 24.0 Å². The summed E-state index contributed by atoms with van der Waals surface area (Å²) in [7, 11) is 0. The predicted octanol–water partition coefficient (Wildman–Crippen LogP) is 5.06. The highest BCUT2D eigenvalue weighted by Crippen LogP contribution is 2.38. The smallest absolute Gasteiger partial charge is 0.142 e. The zero-order valence-corrected chi connectivity index (χ0v) is 17.8. The van der Waals surface area contributed by atoms with Crippen molar-refractivity contribution in [1.82, 2.24) is 4.98 Å². The van der Waals surface area contributed by atoms with Crippen LogP contribution in [0.4, 0.5) is 5.69 Å². The molecule has 2 heterocycles. The van der Waals surface area contributed by atoms with Gasteiger partial charge in [0, 0.05) is 17.8 Å². The summed E-state index contributed by atoms with van der Waals surface area (Å²) in [5.74, 6) is 1.92. The fraction of sp³-hybridized carbons (Fsp3) is 0.360. The van der Waals surface area contributed by atoms with Crippen molar-refractivity contribution in [3.63, 3.8) is 0 Å². The third-order valence-electron chi connectivity index (χ3n) is 5.81. The van der Waals surface area contributed by atoms with Gasteiger partial charge >= 0.3 is 0 Å². The number of ether oxygens (including phenoxy) is 2. The summed E-state index contributed by atoms with van der Waals surface area (Å²) in [6, 6.07) is 15.5. The zero-order valence-electron chi connectivity index (χ0n) is 17.8. The highest BCUT2D eigenvalue weighted by atomic mass is 16.5. The SMILES string of the molecule is Cc1cc(N)c2c(OCC(C)(C)C(=O)CC3CCOc4ccccc43)cccc2n1. The molecule has 1 unspecified atom stereocenters. The molecule has 3 aromatic rings. The van der Waals surface area contributed by atoms with Crippen LogP contribution in [0.3, 0.4) is 0 Å². The fourth-order valence-electron chi connectivity index (χ4n) is 4.01. The van der Waals surface area contributed by atoms with Crippen LogP contribution < -0.4 is 15.2 Å². The molecule has 0 amide bonds. The minimum Gasteiger partial charge on any atom is -0.493 e. The molecule has 1 aliphatic heterocycles. The number of rotatable bonds is 6. The summed E-state index contributed by atoms with van der Waals surface area (Å²) in [5, 5.41) is 0.796. The molecule has 1 atom stereocenters. The van der Waals surface area contributed by atoms with Crippen molar-refractivity contribution in [3.05, 3.63) is 59.8 Å². The highest BCUT2D eigenvalue weighted by molar-refractivity contribution is 5.95. The molecule has 0 fully saturated rings. The largest absolute Gasteiger partial charge is 0.493 e. The van der Waals surface area contributed by atoms with Crippen molar-refractivity contribution in [1.29, 1.82) is 0 Å². The van der Waals surface area contributed by atoms with Crippen molar-refractivity contribution < 1.29 is 14.3 Å². The maximum Gasteiger partial charge on any atom is 0.142 e. The summed E-state index contributed by atoms with van der Waals surface area (Å²) in [6.07, 6.45) is 1.33. The summed E-state index contributed by atoms with van der Waals surface area (Å²) in [6.45, 7) is 6.73. The van der Waals surface area contributed by atoms with E-state index >= 15 is 0 Å². The number of aryl methyl sites for hydroxylation is 1. The number of nitrogens with two attached hydrogens (primary N) is 1. The number of hydrogen-bond donors (Lipinski definition) is 1. The van der Waals surface area contributed by atoms with E-state index in [-0.39, 0.29) is 18.3 Å². The van der Waals surface area contributed by atoms with Crippen LogP contribution in [0.25, 0.3) is 10.9 Å². The maximum absolute atomic E-state index is 13.2. The zero-order chi connectivity index (χ0) is 21.3. The van der Waals surface area contributed by atoms with Crippen molar-refractivity contribution >= 4 is 22.4 Å². The highest BCUT2D eigenvalue weighted by Gasteiger charge is 2.33. The average molecular weight is 405 g/mol. The Morgan fingerprint density at radius 2 is 2.03 bits per heavy atom. The van der Waals surface area contributed by atoms with Crippen molar-refractivity contribution in [2.45, 2.75) is 39.5 Å². The van der Waals surface area contributed by atoms with Gasteiger partial charge in [-0.25, -0.2) is 0 Å². The van der Waals surface area contributed by atoms with Crippen LogP contribution in [-0.2, 0) is 4.79 Å². The minimum atomic E-state index is -0.623. The topological polar surface area (TPSA) is 74.4 Å². The molecular formula is C25H28N2O3. The van der Waals surface area contributed by atoms with Gasteiger partial charge in [0.15, 0.2) is 0 Å². The first kappa shape index (κ1) is 20.2. The van der Waals surface area contributed by atoms with E-state index in [2.05, 4.69) is 11.1 Å². The summed E-state index contributed by atoms with van der Waals surface area (Å²) in [4.78, 5) is 17.7. The minimum absolute atomic E-state index is 0.183. The lowest BCUT2D eigenvalue weighted by Crippen LogP contribution is -2.33. The van der Waals surface area contributed by atoms with Gasteiger partial charge in [0.05, 0.1) is 22.9 Å². The quantitative estimate of drug-likeness (QED) is 0.622. The predicted molar refractivity (Wildman–Crippen MR) is 119 cm³/mol. The number of carbonyl (C=O) groups excluding carboxylic acids is 1. The Balaban J connectivity index is 1.49. The molecule has 0 saturated carbocycles. The number of nitrogens with zero attached hydrogens (tertiary/aromatic N) is 1. The van der Waals surface area contributed by atoms with E-state index in [4.69, 9.17) is 15.2 Å². The molecular weight excluding hydrogens is 376 g/mol. The lowest BCUT2D eigenvalue weighted by molar-refractivity contribution is -0.129. The molecule has 5 heteroatoms. The first-order valence-corrected chi connectivity index (χ1v) is 10.4. The number of ketones is 1. The Hall–Kier alpha value is -3.08. The Kier molecular flexibility index (Phi) is 5.37. The average Bonchev–Trinajstić information content (AvgIpc) is 2.72. The summed E-state index contributed by atoms with van der Waals surface area (Å²) >= 11 is 0. The van der Waals surface area contributed by atoms with Crippen LogP contribution >= 0.6 is 0 Å². The number of benzene rings is 2. The van der Waals surface area contributed by atoms with E-state index in [1.54, 1.807) is 0 Å². The Labute approximate surface area is 177 Å². The molecule has 156 valence electrons.